The zero-order valence-electron chi connectivity index (χ0n) is 7.74. The summed E-state index contributed by atoms with van der Waals surface area (Å²) in [4.78, 5) is 10.7. The van der Waals surface area contributed by atoms with E-state index in [1.54, 1.807) is 19.2 Å². The van der Waals surface area contributed by atoms with E-state index >= 15 is 0 Å². The number of carbonyl (C=O) groups is 1. The molecule has 0 atom stereocenters. The average Bonchev–Trinajstić information content (AvgIpc) is 2.15. The van der Waals surface area contributed by atoms with E-state index in [1.807, 2.05) is 12.1 Å². The van der Waals surface area contributed by atoms with Crippen LogP contribution in [0.15, 0.2) is 24.3 Å². The summed E-state index contributed by atoms with van der Waals surface area (Å²) in [5, 5.41) is 0. The molecule has 70 valence electrons. The van der Waals surface area contributed by atoms with Crippen molar-refractivity contribution < 1.29 is 14.3 Å². The number of ether oxygens (including phenoxy) is 2. The highest BCUT2D eigenvalue weighted by Gasteiger charge is 2.02. The fourth-order valence-corrected chi connectivity index (χ4v) is 0.917. The molecule has 0 aliphatic rings. The van der Waals surface area contributed by atoms with Crippen LogP contribution in [0.3, 0.4) is 0 Å². The zero-order chi connectivity index (χ0) is 9.68. The summed E-state index contributed by atoms with van der Waals surface area (Å²) < 4.78 is 10.3. The molecule has 1 aromatic rings. The van der Waals surface area contributed by atoms with E-state index < -0.39 is 0 Å². The van der Waals surface area contributed by atoms with E-state index in [2.05, 4.69) is 0 Å². The molecule has 3 heteroatoms. The first-order valence-electron chi connectivity index (χ1n) is 3.99. The summed E-state index contributed by atoms with van der Waals surface area (Å²) >= 11 is 0. The van der Waals surface area contributed by atoms with Gasteiger partial charge in [-0.25, -0.2) is 0 Å². The predicted octanol–water partition coefficient (Wildman–Crippen LogP) is 1.66. The van der Waals surface area contributed by atoms with Crippen molar-refractivity contribution in [2.24, 2.45) is 0 Å². The first kappa shape index (κ1) is 9.58. The van der Waals surface area contributed by atoms with E-state index in [9.17, 15) is 4.79 Å². The minimum atomic E-state index is -0.00842. The number of Topliss-reactive ketones (excluding diaryl/α,β-unsaturated/α-hetero) is 1. The molecule has 0 saturated heterocycles. The van der Waals surface area contributed by atoms with E-state index in [1.165, 1.54) is 6.92 Å². The Morgan fingerprint density at radius 1 is 1.31 bits per heavy atom. The Morgan fingerprint density at radius 3 is 2.46 bits per heavy atom. The number of hydrogen-bond donors (Lipinski definition) is 0. The van der Waals surface area contributed by atoms with Crippen LogP contribution in [0.2, 0.25) is 0 Å². The van der Waals surface area contributed by atoms with Crippen molar-refractivity contribution in [3.8, 4) is 11.5 Å². The van der Waals surface area contributed by atoms with Crippen LogP contribution in [0, 0.1) is 0 Å². The maximum Gasteiger partial charge on any atom is 0.167 e. The highest BCUT2D eigenvalue weighted by atomic mass is 16.5. The maximum absolute atomic E-state index is 10.7. The largest absolute Gasteiger partial charge is 0.493 e. The van der Waals surface area contributed by atoms with E-state index in [-0.39, 0.29) is 12.4 Å². The normalized spacial score (nSPS) is 9.38. The molecule has 3 nitrogen and oxygen atoms in total. The SMILES string of the molecule is COc1ccccc1OCC(C)=O. The van der Waals surface area contributed by atoms with E-state index in [0.29, 0.717) is 11.5 Å². The highest BCUT2D eigenvalue weighted by molar-refractivity contribution is 5.77. The Kier molecular flexibility index (Phi) is 3.31. The molecule has 0 aliphatic heterocycles. The summed E-state index contributed by atoms with van der Waals surface area (Å²) in [7, 11) is 1.57. The second-order valence-electron chi connectivity index (χ2n) is 2.64. The lowest BCUT2D eigenvalue weighted by atomic mass is 10.3. The molecule has 0 spiro atoms. The lowest BCUT2D eigenvalue weighted by Crippen LogP contribution is -2.07. The van der Waals surface area contributed by atoms with Crippen LogP contribution >= 0.6 is 0 Å². The van der Waals surface area contributed by atoms with Gasteiger partial charge in [0.1, 0.15) is 6.61 Å². The van der Waals surface area contributed by atoms with Gasteiger partial charge in [-0.3, -0.25) is 4.79 Å². The Balaban J connectivity index is 2.69. The Hall–Kier alpha value is -1.51. The number of benzene rings is 1. The summed E-state index contributed by atoms with van der Waals surface area (Å²) in [6.07, 6.45) is 0. The van der Waals surface area contributed by atoms with E-state index in [4.69, 9.17) is 9.47 Å². The van der Waals surface area contributed by atoms with Gasteiger partial charge >= 0.3 is 0 Å². The first-order chi connectivity index (χ1) is 6.24. The van der Waals surface area contributed by atoms with Gasteiger partial charge in [-0.2, -0.15) is 0 Å². The van der Waals surface area contributed by atoms with Crippen molar-refractivity contribution >= 4 is 5.78 Å². The third kappa shape index (κ3) is 2.78. The van der Waals surface area contributed by atoms with Crippen LogP contribution in [0.25, 0.3) is 0 Å². The number of ketones is 1. The fourth-order valence-electron chi connectivity index (χ4n) is 0.917. The quantitative estimate of drug-likeness (QED) is 0.707. The van der Waals surface area contributed by atoms with Gasteiger partial charge in [0.15, 0.2) is 17.3 Å². The topological polar surface area (TPSA) is 35.5 Å². The summed E-state index contributed by atoms with van der Waals surface area (Å²) in [6, 6.07) is 7.23. The molecule has 0 bridgehead atoms. The molecule has 13 heavy (non-hydrogen) atoms. The summed E-state index contributed by atoms with van der Waals surface area (Å²) in [5.41, 5.74) is 0. The van der Waals surface area contributed by atoms with Gasteiger partial charge in [-0.05, 0) is 19.1 Å². The van der Waals surface area contributed by atoms with Gasteiger partial charge < -0.3 is 9.47 Å². The van der Waals surface area contributed by atoms with Gasteiger partial charge in [-0.15, -0.1) is 0 Å². The van der Waals surface area contributed by atoms with Crippen LogP contribution in [-0.4, -0.2) is 19.5 Å². The smallest absolute Gasteiger partial charge is 0.167 e. The van der Waals surface area contributed by atoms with Gasteiger partial charge in [0.2, 0.25) is 0 Å². The molecular formula is C10H12O3. The lowest BCUT2D eigenvalue weighted by molar-refractivity contribution is -0.118. The molecule has 0 fully saturated rings. The van der Waals surface area contributed by atoms with Gasteiger partial charge in [0.25, 0.3) is 0 Å². The third-order valence-corrected chi connectivity index (χ3v) is 1.50. The van der Waals surface area contributed by atoms with Crippen molar-refractivity contribution in [2.45, 2.75) is 6.92 Å². The molecule has 0 radical (unpaired) electrons. The first-order valence-corrected chi connectivity index (χ1v) is 3.99. The molecule has 0 amide bonds. The number of methoxy groups -OCH3 is 1. The molecule has 0 unspecified atom stereocenters. The van der Waals surface area contributed by atoms with Crippen LogP contribution in [0.5, 0.6) is 11.5 Å². The summed E-state index contributed by atoms with van der Waals surface area (Å²) in [5.74, 6) is 1.23. The molecular weight excluding hydrogens is 168 g/mol. The van der Waals surface area contributed by atoms with Crippen LogP contribution in [-0.2, 0) is 4.79 Å². The minimum Gasteiger partial charge on any atom is -0.493 e. The van der Waals surface area contributed by atoms with Crippen molar-refractivity contribution in [2.75, 3.05) is 13.7 Å². The van der Waals surface area contributed by atoms with Gasteiger partial charge in [0.05, 0.1) is 7.11 Å². The van der Waals surface area contributed by atoms with Crippen LogP contribution in [0.1, 0.15) is 6.92 Å². The molecule has 1 aromatic carbocycles. The second kappa shape index (κ2) is 4.50. The van der Waals surface area contributed by atoms with Crippen LogP contribution in [0.4, 0.5) is 0 Å². The zero-order valence-corrected chi connectivity index (χ0v) is 7.74. The van der Waals surface area contributed by atoms with E-state index in [0.717, 1.165) is 0 Å². The molecule has 0 aromatic heterocycles. The number of carbonyl (C=O) groups excluding carboxylic acids is 1. The Morgan fingerprint density at radius 2 is 1.92 bits per heavy atom. The minimum absolute atomic E-state index is 0.00842. The number of rotatable bonds is 4. The Bertz CT molecular complexity index is 294. The third-order valence-electron chi connectivity index (χ3n) is 1.50. The molecule has 0 N–H and O–H groups in total. The number of hydrogen-bond acceptors (Lipinski definition) is 3. The molecule has 0 heterocycles. The second-order valence-corrected chi connectivity index (χ2v) is 2.64. The maximum atomic E-state index is 10.7. The molecule has 0 saturated carbocycles. The molecule has 1 rings (SSSR count). The average molecular weight is 180 g/mol. The van der Waals surface area contributed by atoms with Gasteiger partial charge in [0, 0.05) is 0 Å². The predicted molar refractivity (Wildman–Crippen MR) is 49.2 cm³/mol. The fraction of sp³-hybridized carbons (Fsp3) is 0.300. The van der Waals surface area contributed by atoms with Gasteiger partial charge in [-0.1, -0.05) is 12.1 Å². The van der Waals surface area contributed by atoms with Crippen molar-refractivity contribution in [1.82, 2.24) is 0 Å². The lowest BCUT2D eigenvalue weighted by Gasteiger charge is -2.08. The monoisotopic (exact) mass is 180 g/mol. The molecule has 0 aliphatic carbocycles. The standard InChI is InChI=1S/C10H12O3/c1-8(11)7-13-10-6-4-3-5-9(10)12-2/h3-6H,7H2,1-2H3. The van der Waals surface area contributed by atoms with Crippen molar-refractivity contribution in [3.05, 3.63) is 24.3 Å². The summed E-state index contributed by atoms with van der Waals surface area (Å²) in [6.45, 7) is 1.57. The Labute approximate surface area is 77.3 Å². The van der Waals surface area contributed by atoms with Crippen molar-refractivity contribution in [1.29, 1.82) is 0 Å². The number of para-hydroxylation sites is 2. The highest BCUT2D eigenvalue weighted by Crippen LogP contribution is 2.25. The van der Waals surface area contributed by atoms with Crippen LogP contribution < -0.4 is 9.47 Å². The van der Waals surface area contributed by atoms with Crippen molar-refractivity contribution in [3.63, 3.8) is 0 Å².